The van der Waals surface area contributed by atoms with E-state index in [1.165, 1.54) is 17.7 Å². The molecule has 0 aliphatic rings. The molecule has 7 heteroatoms. The zero-order valence-corrected chi connectivity index (χ0v) is 16.5. The van der Waals surface area contributed by atoms with E-state index in [4.69, 9.17) is 4.74 Å². The van der Waals surface area contributed by atoms with Crippen molar-refractivity contribution in [1.29, 1.82) is 0 Å². The van der Waals surface area contributed by atoms with Gasteiger partial charge in [-0.3, -0.25) is 9.36 Å². The Hall–Kier alpha value is -1.99. The highest BCUT2D eigenvalue weighted by atomic mass is 79.9. The van der Waals surface area contributed by atoms with E-state index in [0.29, 0.717) is 27.2 Å². The van der Waals surface area contributed by atoms with Gasteiger partial charge in [-0.1, -0.05) is 28.1 Å². The normalized spacial score (nSPS) is 11.2. The number of carbonyl (C=O) groups excluding carboxylic acids is 1. The number of ether oxygens (including phenoxy) is 1. The smallest absolute Gasteiger partial charge is 0.348 e. The fourth-order valence-electron chi connectivity index (χ4n) is 2.52. The molecule has 0 amide bonds. The maximum Gasteiger partial charge on any atom is 0.348 e. The predicted molar refractivity (Wildman–Crippen MR) is 102 cm³/mol. The summed E-state index contributed by atoms with van der Waals surface area (Å²) in [5.41, 5.74) is 1.48. The van der Waals surface area contributed by atoms with Crippen molar-refractivity contribution in [3.8, 4) is 0 Å². The van der Waals surface area contributed by atoms with E-state index < -0.39 is 5.97 Å². The number of halogens is 1. The van der Waals surface area contributed by atoms with E-state index in [-0.39, 0.29) is 11.7 Å². The number of aryl methyl sites for hydroxylation is 1. The summed E-state index contributed by atoms with van der Waals surface area (Å²) in [6, 6.07) is 7.77. The lowest BCUT2D eigenvalue weighted by Crippen LogP contribution is -2.21. The molecule has 0 aliphatic heterocycles. The van der Waals surface area contributed by atoms with Crippen LogP contribution in [0.15, 0.2) is 39.9 Å². The van der Waals surface area contributed by atoms with Gasteiger partial charge >= 0.3 is 5.97 Å². The Morgan fingerprint density at radius 3 is 2.64 bits per heavy atom. The Bertz CT molecular complexity index is 990. The third kappa shape index (κ3) is 3.67. The molecule has 0 saturated heterocycles. The van der Waals surface area contributed by atoms with Crippen molar-refractivity contribution in [1.82, 2.24) is 9.55 Å². The number of thiophene rings is 1. The van der Waals surface area contributed by atoms with Gasteiger partial charge in [0.2, 0.25) is 0 Å². The number of rotatable bonds is 4. The van der Waals surface area contributed by atoms with Crippen molar-refractivity contribution in [3.05, 3.63) is 61.4 Å². The lowest BCUT2D eigenvalue weighted by Gasteiger charge is -2.07. The third-order valence-corrected chi connectivity index (χ3v) is 5.42. The maximum absolute atomic E-state index is 12.8. The van der Waals surface area contributed by atoms with Crippen molar-refractivity contribution >= 4 is 43.5 Å². The summed E-state index contributed by atoms with van der Waals surface area (Å²) in [6.45, 7) is 5.78. The van der Waals surface area contributed by atoms with Crippen molar-refractivity contribution in [2.75, 3.05) is 0 Å². The first-order chi connectivity index (χ1) is 11.9. The average molecular weight is 421 g/mol. The first-order valence-corrected chi connectivity index (χ1v) is 9.41. The predicted octanol–water partition coefficient (Wildman–Crippen LogP) is 4.14. The minimum atomic E-state index is -0.408. The molecule has 0 saturated carbocycles. The molecule has 2 heterocycles. The number of carbonyl (C=O) groups is 1. The Kier molecular flexibility index (Phi) is 5.06. The Balaban J connectivity index is 2.02. The highest BCUT2D eigenvalue weighted by molar-refractivity contribution is 9.10. The van der Waals surface area contributed by atoms with E-state index in [1.807, 2.05) is 24.3 Å². The van der Waals surface area contributed by atoms with Crippen LogP contribution in [0.2, 0.25) is 0 Å². The molecule has 130 valence electrons. The highest BCUT2D eigenvalue weighted by Crippen LogP contribution is 2.27. The van der Waals surface area contributed by atoms with Gasteiger partial charge < -0.3 is 4.74 Å². The number of hydrogen-bond acceptors (Lipinski definition) is 5. The summed E-state index contributed by atoms with van der Waals surface area (Å²) in [6.07, 6.45) is 1.32. The molecule has 0 fully saturated rings. The van der Waals surface area contributed by atoms with Crippen LogP contribution >= 0.6 is 27.3 Å². The molecular formula is C18H17BrN2O3S. The molecule has 5 nitrogen and oxygen atoms in total. The molecule has 0 unspecified atom stereocenters. The first-order valence-electron chi connectivity index (χ1n) is 7.80. The second-order valence-electron chi connectivity index (χ2n) is 5.99. The van der Waals surface area contributed by atoms with Gasteiger partial charge in [0.05, 0.1) is 24.4 Å². The summed E-state index contributed by atoms with van der Waals surface area (Å²) in [4.78, 5) is 30.4. The summed E-state index contributed by atoms with van der Waals surface area (Å²) in [5.74, 6) is -0.408. The Morgan fingerprint density at radius 1 is 1.32 bits per heavy atom. The van der Waals surface area contributed by atoms with Gasteiger partial charge in [-0.15, -0.1) is 11.3 Å². The van der Waals surface area contributed by atoms with Crippen molar-refractivity contribution in [3.63, 3.8) is 0 Å². The highest BCUT2D eigenvalue weighted by Gasteiger charge is 2.21. The SMILES string of the molecule is Cc1c(C(=O)OC(C)C)sc2ncn(Cc3ccc(Br)cc3)c(=O)c12. The summed E-state index contributed by atoms with van der Waals surface area (Å²) >= 11 is 4.60. The van der Waals surface area contributed by atoms with E-state index >= 15 is 0 Å². The number of aromatic nitrogens is 2. The molecule has 3 aromatic rings. The Morgan fingerprint density at radius 2 is 2.00 bits per heavy atom. The van der Waals surface area contributed by atoms with Gasteiger partial charge in [-0.05, 0) is 44.0 Å². The number of benzene rings is 1. The van der Waals surface area contributed by atoms with Crippen LogP contribution < -0.4 is 5.56 Å². The molecule has 0 radical (unpaired) electrons. The molecule has 2 aromatic heterocycles. The van der Waals surface area contributed by atoms with Crippen molar-refractivity contribution < 1.29 is 9.53 Å². The van der Waals surface area contributed by atoms with Crippen LogP contribution in [-0.4, -0.2) is 21.6 Å². The number of fused-ring (bicyclic) bond motifs is 1. The summed E-state index contributed by atoms with van der Waals surface area (Å²) < 4.78 is 7.80. The zero-order chi connectivity index (χ0) is 18.1. The molecule has 0 atom stereocenters. The van der Waals surface area contributed by atoms with Gasteiger partial charge in [0, 0.05) is 4.47 Å². The standard InChI is InChI=1S/C18H17BrN2O3S/c1-10(2)24-18(23)15-11(3)14-16(25-15)20-9-21(17(14)22)8-12-4-6-13(19)7-5-12/h4-7,9-10H,8H2,1-3H3. The minimum absolute atomic E-state index is 0.148. The first kappa shape index (κ1) is 17.8. The minimum Gasteiger partial charge on any atom is -0.459 e. The molecule has 1 aromatic carbocycles. The van der Waals surface area contributed by atoms with Crippen LogP contribution in [0, 0.1) is 6.92 Å². The molecule has 3 rings (SSSR count). The number of hydrogen-bond donors (Lipinski definition) is 0. The zero-order valence-electron chi connectivity index (χ0n) is 14.1. The van der Waals surface area contributed by atoms with E-state index in [0.717, 1.165) is 10.0 Å². The van der Waals surface area contributed by atoms with Gasteiger partial charge in [0.15, 0.2) is 0 Å². The second-order valence-corrected chi connectivity index (χ2v) is 7.91. The van der Waals surface area contributed by atoms with Gasteiger partial charge in [0.25, 0.3) is 5.56 Å². The second kappa shape index (κ2) is 7.09. The fourth-order valence-corrected chi connectivity index (χ4v) is 3.81. The maximum atomic E-state index is 12.8. The van der Waals surface area contributed by atoms with Crippen LogP contribution in [0.1, 0.15) is 34.6 Å². The topological polar surface area (TPSA) is 61.2 Å². The third-order valence-electron chi connectivity index (χ3n) is 3.71. The summed E-state index contributed by atoms with van der Waals surface area (Å²) in [7, 11) is 0. The lowest BCUT2D eigenvalue weighted by molar-refractivity contribution is 0.0383. The Labute approximate surface area is 157 Å². The molecule has 0 N–H and O–H groups in total. The summed E-state index contributed by atoms with van der Waals surface area (Å²) in [5, 5.41) is 0.486. The van der Waals surface area contributed by atoms with Crippen LogP contribution in [0.4, 0.5) is 0 Å². The van der Waals surface area contributed by atoms with E-state index in [1.54, 1.807) is 25.3 Å². The average Bonchev–Trinajstić information content (AvgIpc) is 2.89. The lowest BCUT2D eigenvalue weighted by atomic mass is 10.2. The molecule has 0 aliphatic carbocycles. The van der Waals surface area contributed by atoms with Gasteiger partial charge in [-0.2, -0.15) is 0 Å². The van der Waals surface area contributed by atoms with Crippen LogP contribution in [0.5, 0.6) is 0 Å². The van der Waals surface area contributed by atoms with Crippen LogP contribution in [-0.2, 0) is 11.3 Å². The van der Waals surface area contributed by atoms with Crippen LogP contribution in [0.25, 0.3) is 10.2 Å². The van der Waals surface area contributed by atoms with E-state index in [2.05, 4.69) is 20.9 Å². The molecule has 25 heavy (non-hydrogen) atoms. The fraction of sp³-hybridized carbons (Fsp3) is 0.278. The number of nitrogens with zero attached hydrogens (tertiary/aromatic N) is 2. The van der Waals surface area contributed by atoms with Crippen molar-refractivity contribution in [2.45, 2.75) is 33.4 Å². The van der Waals surface area contributed by atoms with Crippen molar-refractivity contribution in [2.24, 2.45) is 0 Å². The monoisotopic (exact) mass is 420 g/mol. The molecular weight excluding hydrogens is 404 g/mol. The van der Waals surface area contributed by atoms with E-state index in [9.17, 15) is 9.59 Å². The van der Waals surface area contributed by atoms with Gasteiger partial charge in [0.1, 0.15) is 9.71 Å². The molecule has 0 bridgehead atoms. The van der Waals surface area contributed by atoms with Crippen LogP contribution in [0.3, 0.4) is 0 Å². The largest absolute Gasteiger partial charge is 0.459 e. The molecule has 0 spiro atoms. The quantitative estimate of drug-likeness (QED) is 0.594. The number of esters is 1. The van der Waals surface area contributed by atoms with Gasteiger partial charge in [-0.25, -0.2) is 9.78 Å².